The number of hydrogen-bond acceptors (Lipinski definition) is 1. The lowest BCUT2D eigenvalue weighted by atomic mass is 9.94. The molecule has 0 aliphatic carbocycles. The lowest BCUT2D eigenvalue weighted by Crippen LogP contribution is -2.22. The molecule has 0 aromatic heterocycles. The first-order valence-electron chi connectivity index (χ1n) is 9.95. The Bertz CT molecular complexity index is 232. The zero-order valence-electron chi connectivity index (χ0n) is 15.5. The van der Waals surface area contributed by atoms with Crippen LogP contribution in [0.25, 0.3) is 0 Å². The molecule has 0 amide bonds. The van der Waals surface area contributed by atoms with Gasteiger partial charge in [-0.15, -0.1) is 6.58 Å². The molecule has 0 aliphatic heterocycles. The Morgan fingerprint density at radius 1 is 0.727 bits per heavy atom. The van der Waals surface area contributed by atoms with Crippen molar-refractivity contribution < 1.29 is 5.11 Å². The first-order valence-corrected chi connectivity index (χ1v) is 9.95. The molecule has 0 heterocycles. The summed E-state index contributed by atoms with van der Waals surface area (Å²) in [5.41, 5.74) is -0.529. The number of rotatable bonds is 17. The summed E-state index contributed by atoms with van der Waals surface area (Å²) in [6.07, 6.45) is 22.8. The van der Waals surface area contributed by atoms with E-state index < -0.39 is 5.60 Å². The van der Waals surface area contributed by atoms with Gasteiger partial charge in [0.05, 0.1) is 5.60 Å². The highest BCUT2D eigenvalue weighted by Crippen LogP contribution is 2.20. The van der Waals surface area contributed by atoms with Crippen LogP contribution < -0.4 is 0 Å². The fraction of sp³-hybridized carbons (Fsp3) is 0.905. The average molecular weight is 311 g/mol. The Balaban J connectivity index is 3.13. The van der Waals surface area contributed by atoms with E-state index in [0.717, 1.165) is 12.8 Å². The van der Waals surface area contributed by atoms with Gasteiger partial charge in [0.15, 0.2) is 0 Å². The molecule has 0 fully saturated rings. The summed E-state index contributed by atoms with van der Waals surface area (Å²) in [6.45, 7) is 7.91. The second kappa shape index (κ2) is 15.6. The lowest BCUT2D eigenvalue weighted by Gasteiger charge is -2.21. The zero-order valence-corrected chi connectivity index (χ0v) is 15.5. The molecule has 0 unspecified atom stereocenters. The Morgan fingerprint density at radius 3 is 1.45 bits per heavy atom. The molecule has 0 aliphatic rings. The highest BCUT2D eigenvalue weighted by molar-refractivity contribution is 4.82. The standard InChI is InChI=1S/C21H42O/c1-4-6-7-8-9-10-11-12-13-14-15-16-17-18-20-21(3,22)19-5-2/h5,22H,2,4,6-20H2,1,3H3/t21-/m0/s1. The molecule has 0 bridgehead atoms. The van der Waals surface area contributed by atoms with Crippen molar-refractivity contribution in [3.63, 3.8) is 0 Å². The second-order valence-electron chi connectivity index (χ2n) is 7.34. The van der Waals surface area contributed by atoms with Crippen molar-refractivity contribution >= 4 is 0 Å². The summed E-state index contributed by atoms with van der Waals surface area (Å²) in [6, 6.07) is 0. The van der Waals surface area contributed by atoms with Crippen LogP contribution in [-0.4, -0.2) is 10.7 Å². The highest BCUT2D eigenvalue weighted by Gasteiger charge is 2.16. The predicted octanol–water partition coefficient (Wildman–Crippen LogP) is 7.18. The van der Waals surface area contributed by atoms with Crippen molar-refractivity contribution in [3.05, 3.63) is 12.7 Å². The first kappa shape index (κ1) is 21.7. The maximum Gasteiger partial charge on any atom is 0.0653 e. The van der Waals surface area contributed by atoms with E-state index in [2.05, 4.69) is 13.5 Å². The SMILES string of the molecule is C=CC[C@](C)(O)CCCCCCCCCCCCCCCC. The van der Waals surface area contributed by atoms with E-state index in [9.17, 15) is 5.11 Å². The van der Waals surface area contributed by atoms with Gasteiger partial charge < -0.3 is 5.11 Å². The molecular formula is C21H42O. The molecule has 1 heteroatoms. The fourth-order valence-electron chi connectivity index (χ4n) is 3.11. The lowest BCUT2D eigenvalue weighted by molar-refractivity contribution is 0.0512. The molecule has 0 radical (unpaired) electrons. The predicted molar refractivity (Wildman–Crippen MR) is 100 cm³/mol. The largest absolute Gasteiger partial charge is 0.390 e. The maximum atomic E-state index is 10.0. The van der Waals surface area contributed by atoms with Crippen molar-refractivity contribution in [2.45, 2.75) is 122 Å². The third-order valence-corrected chi connectivity index (χ3v) is 4.65. The molecule has 1 atom stereocenters. The topological polar surface area (TPSA) is 20.2 Å². The monoisotopic (exact) mass is 310 g/mol. The van der Waals surface area contributed by atoms with Crippen LogP contribution in [-0.2, 0) is 0 Å². The van der Waals surface area contributed by atoms with Gasteiger partial charge in [-0.05, 0) is 19.8 Å². The minimum atomic E-state index is -0.529. The van der Waals surface area contributed by atoms with Crippen LogP contribution >= 0.6 is 0 Å². The third-order valence-electron chi connectivity index (χ3n) is 4.65. The van der Waals surface area contributed by atoms with E-state index in [-0.39, 0.29) is 0 Å². The minimum absolute atomic E-state index is 0.529. The van der Waals surface area contributed by atoms with Crippen LogP contribution in [0.15, 0.2) is 12.7 Å². The Hall–Kier alpha value is -0.300. The van der Waals surface area contributed by atoms with E-state index in [1.54, 1.807) is 0 Å². The molecule has 0 saturated heterocycles. The highest BCUT2D eigenvalue weighted by atomic mass is 16.3. The summed E-state index contributed by atoms with van der Waals surface area (Å²) < 4.78 is 0. The van der Waals surface area contributed by atoms with Gasteiger partial charge in [0.1, 0.15) is 0 Å². The molecule has 1 nitrogen and oxygen atoms in total. The van der Waals surface area contributed by atoms with Crippen LogP contribution in [0.2, 0.25) is 0 Å². The van der Waals surface area contributed by atoms with E-state index in [0.29, 0.717) is 6.42 Å². The molecule has 132 valence electrons. The third kappa shape index (κ3) is 16.1. The average Bonchev–Trinajstić information content (AvgIpc) is 2.47. The van der Waals surface area contributed by atoms with Crippen LogP contribution in [0, 0.1) is 0 Å². The van der Waals surface area contributed by atoms with Crippen LogP contribution in [0.1, 0.15) is 117 Å². The van der Waals surface area contributed by atoms with Crippen molar-refractivity contribution in [1.82, 2.24) is 0 Å². The molecule has 0 aromatic carbocycles. The van der Waals surface area contributed by atoms with Gasteiger partial charge in [-0.2, -0.15) is 0 Å². The maximum absolute atomic E-state index is 10.0. The normalized spacial score (nSPS) is 14.0. The summed E-state index contributed by atoms with van der Waals surface area (Å²) >= 11 is 0. The molecule has 0 aromatic rings. The Kier molecular flexibility index (Phi) is 15.4. The zero-order chi connectivity index (χ0) is 16.5. The van der Waals surface area contributed by atoms with E-state index >= 15 is 0 Å². The molecule has 0 spiro atoms. The van der Waals surface area contributed by atoms with Crippen molar-refractivity contribution in [2.75, 3.05) is 0 Å². The van der Waals surface area contributed by atoms with Gasteiger partial charge in [0.25, 0.3) is 0 Å². The second-order valence-corrected chi connectivity index (χ2v) is 7.34. The number of hydrogen-bond donors (Lipinski definition) is 1. The first-order chi connectivity index (χ1) is 10.6. The summed E-state index contributed by atoms with van der Waals surface area (Å²) in [7, 11) is 0. The molecule has 22 heavy (non-hydrogen) atoms. The Labute approximate surface area is 140 Å². The summed E-state index contributed by atoms with van der Waals surface area (Å²) in [5, 5.41) is 10.0. The van der Waals surface area contributed by atoms with Gasteiger partial charge in [0, 0.05) is 0 Å². The van der Waals surface area contributed by atoms with Gasteiger partial charge >= 0.3 is 0 Å². The fourth-order valence-corrected chi connectivity index (χ4v) is 3.11. The minimum Gasteiger partial charge on any atom is -0.390 e. The summed E-state index contributed by atoms with van der Waals surface area (Å²) in [4.78, 5) is 0. The van der Waals surface area contributed by atoms with E-state index in [1.165, 1.54) is 83.5 Å². The van der Waals surface area contributed by atoms with Crippen LogP contribution in [0.3, 0.4) is 0 Å². The molecule has 0 saturated carbocycles. The number of unbranched alkanes of at least 4 members (excludes halogenated alkanes) is 13. The van der Waals surface area contributed by atoms with Gasteiger partial charge in [-0.3, -0.25) is 0 Å². The van der Waals surface area contributed by atoms with Crippen LogP contribution in [0.4, 0.5) is 0 Å². The van der Waals surface area contributed by atoms with Gasteiger partial charge in [0.2, 0.25) is 0 Å². The van der Waals surface area contributed by atoms with Crippen molar-refractivity contribution in [1.29, 1.82) is 0 Å². The van der Waals surface area contributed by atoms with Gasteiger partial charge in [-0.25, -0.2) is 0 Å². The molecular weight excluding hydrogens is 268 g/mol. The van der Waals surface area contributed by atoms with Crippen molar-refractivity contribution in [3.8, 4) is 0 Å². The molecule has 1 N–H and O–H groups in total. The quantitative estimate of drug-likeness (QED) is 0.223. The Morgan fingerprint density at radius 2 is 1.09 bits per heavy atom. The summed E-state index contributed by atoms with van der Waals surface area (Å²) in [5.74, 6) is 0. The van der Waals surface area contributed by atoms with Gasteiger partial charge in [-0.1, -0.05) is 103 Å². The smallest absolute Gasteiger partial charge is 0.0653 e. The molecule has 0 rings (SSSR count). The van der Waals surface area contributed by atoms with Crippen LogP contribution in [0.5, 0.6) is 0 Å². The van der Waals surface area contributed by atoms with E-state index in [4.69, 9.17) is 0 Å². The van der Waals surface area contributed by atoms with Crippen molar-refractivity contribution in [2.24, 2.45) is 0 Å². The van der Waals surface area contributed by atoms with E-state index in [1.807, 2.05) is 13.0 Å². The number of aliphatic hydroxyl groups is 1.